The van der Waals surface area contributed by atoms with Gasteiger partial charge in [0.2, 0.25) is 0 Å². The molecule has 0 bridgehead atoms. The van der Waals surface area contributed by atoms with Crippen molar-refractivity contribution >= 4 is 0 Å². The number of ether oxygens (including phenoxy) is 1. The summed E-state index contributed by atoms with van der Waals surface area (Å²) in [5, 5.41) is 9.22. The molecule has 4 aliphatic rings. The van der Waals surface area contributed by atoms with Crippen molar-refractivity contribution in [3.05, 3.63) is 23.6 Å². The molecular weight excluding hydrogens is 393 g/mol. The van der Waals surface area contributed by atoms with Gasteiger partial charge in [-0.15, -0.1) is 0 Å². The summed E-state index contributed by atoms with van der Waals surface area (Å²) >= 11 is 0. The Morgan fingerprint density at radius 1 is 1.07 bits per heavy atom. The maximum absolute atomic E-state index is 12.5. The van der Waals surface area contributed by atoms with E-state index in [1.54, 1.807) is 0 Å². The molecular formula is C23H39F3N2O2. The number of nitrogens with zero attached hydrogens (tertiary/aromatic N) is 2. The Labute approximate surface area is 179 Å². The first kappa shape index (κ1) is 25.4. The van der Waals surface area contributed by atoms with Gasteiger partial charge in [0.15, 0.2) is 0 Å². The molecule has 0 aliphatic carbocycles. The Kier molecular flexibility index (Phi) is 9.40. The molecule has 0 saturated carbocycles. The third-order valence-corrected chi connectivity index (χ3v) is 6.76. The number of hydrogen-bond acceptors (Lipinski definition) is 4. The van der Waals surface area contributed by atoms with Crippen LogP contribution in [0.4, 0.5) is 13.2 Å². The van der Waals surface area contributed by atoms with Crippen molar-refractivity contribution in [2.45, 2.75) is 83.4 Å². The lowest BCUT2D eigenvalue weighted by Gasteiger charge is -2.32. The molecule has 4 rings (SSSR count). The summed E-state index contributed by atoms with van der Waals surface area (Å²) < 4.78 is 42.9. The Hall–Kier alpha value is -0.890. The van der Waals surface area contributed by atoms with Crippen molar-refractivity contribution < 1.29 is 23.0 Å². The summed E-state index contributed by atoms with van der Waals surface area (Å²) in [6, 6.07) is 0. The third kappa shape index (κ3) is 5.47. The predicted octanol–water partition coefficient (Wildman–Crippen LogP) is 4.90. The molecule has 0 aromatic heterocycles. The second-order valence-electron chi connectivity index (χ2n) is 9.00. The monoisotopic (exact) mass is 432 g/mol. The SMILES string of the molecule is CC.CC(C)OCC12CCCN1C/C(=C/F)C2.OCC12CCCN1CC(=C(F)F)C2. The molecule has 4 heterocycles. The van der Waals surface area contributed by atoms with Gasteiger partial charge in [0.1, 0.15) is 0 Å². The zero-order valence-electron chi connectivity index (χ0n) is 19.0. The zero-order chi connectivity index (χ0) is 22.4. The minimum absolute atomic E-state index is 0.00375. The Balaban J connectivity index is 0.000000199. The highest BCUT2D eigenvalue weighted by Crippen LogP contribution is 2.42. The van der Waals surface area contributed by atoms with Crippen LogP contribution in [-0.2, 0) is 4.74 Å². The fourth-order valence-electron chi connectivity index (χ4n) is 5.26. The molecule has 4 aliphatic heterocycles. The fourth-order valence-corrected chi connectivity index (χ4v) is 5.26. The molecule has 7 heteroatoms. The first-order chi connectivity index (χ1) is 14.3. The van der Waals surface area contributed by atoms with Crippen LogP contribution in [0.5, 0.6) is 0 Å². The van der Waals surface area contributed by atoms with Gasteiger partial charge in [-0.05, 0) is 71.0 Å². The molecule has 4 fully saturated rings. The molecule has 4 nitrogen and oxygen atoms in total. The van der Waals surface area contributed by atoms with Crippen molar-refractivity contribution in [3.63, 3.8) is 0 Å². The first-order valence-corrected chi connectivity index (χ1v) is 11.4. The van der Waals surface area contributed by atoms with Crippen LogP contribution in [0.1, 0.15) is 66.2 Å². The summed E-state index contributed by atoms with van der Waals surface area (Å²) in [5.74, 6) is 0. The lowest BCUT2D eigenvalue weighted by Crippen LogP contribution is -2.43. The van der Waals surface area contributed by atoms with Crippen LogP contribution in [0.3, 0.4) is 0 Å². The maximum Gasteiger partial charge on any atom is 0.270 e. The summed E-state index contributed by atoms with van der Waals surface area (Å²) in [5.41, 5.74) is 0.914. The minimum atomic E-state index is -1.55. The Bertz CT molecular complexity index is 622. The number of fused-ring (bicyclic) bond motifs is 2. The van der Waals surface area contributed by atoms with Crippen LogP contribution in [0.15, 0.2) is 23.6 Å². The van der Waals surface area contributed by atoms with Crippen LogP contribution in [-0.4, -0.2) is 71.5 Å². The molecule has 2 unspecified atom stereocenters. The van der Waals surface area contributed by atoms with Crippen LogP contribution in [0, 0.1) is 0 Å². The fraction of sp³-hybridized carbons (Fsp3) is 0.826. The average Bonchev–Trinajstić information content (AvgIpc) is 3.46. The van der Waals surface area contributed by atoms with Gasteiger partial charge in [-0.2, -0.15) is 8.78 Å². The summed E-state index contributed by atoms with van der Waals surface area (Å²) in [4.78, 5) is 4.38. The van der Waals surface area contributed by atoms with E-state index >= 15 is 0 Å². The molecule has 4 saturated heterocycles. The van der Waals surface area contributed by atoms with E-state index in [1.807, 2.05) is 18.7 Å². The third-order valence-electron chi connectivity index (χ3n) is 6.76. The van der Waals surface area contributed by atoms with Crippen molar-refractivity contribution in [1.82, 2.24) is 9.80 Å². The predicted molar refractivity (Wildman–Crippen MR) is 114 cm³/mol. The largest absolute Gasteiger partial charge is 0.394 e. The highest BCUT2D eigenvalue weighted by molar-refractivity contribution is 5.21. The highest BCUT2D eigenvalue weighted by Gasteiger charge is 2.47. The van der Waals surface area contributed by atoms with Gasteiger partial charge in [-0.25, -0.2) is 4.39 Å². The Morgan fingerprint density at radius 3 is 2.17 bits per heavy atom. The number of aliphatic hydroxyl groups is 1. The van der Waals surface area contributed by atoms with Gasteiger partial charge in [0, 0.05) is 29.7 Å². The van der Waals surface area contributed by atoms with Crippen LogP contribution in [0.2, 0.25) is 0 Å². The van der Waals surface area contributed by atoms with E-state index in [1.165, 1.54) is 6.42 Å². The van der Waals surface area contributed by atoms with E-state index in [0.29, 0.717) is 13.0 Å². The van der Waals surface area contributed by atoms with Gasteiger partial charge < -0.3 is 9.84 Å². The number of halogens is 3. The van der Waals surface area contributed by atoms with E-state index in [9.17, 15) is 18.3 Å². The molecule has 0 spiro atoms. The number of aliphatic hydroxyl groups excluding tert-OH is 1. The molecule has 0 aromatic carbocycles. The number of hydrogen-bond donors (Lipinski definition) is 1. The molecule has 0 aromatic rings. The molecule has 2 atom stereocenters. The van der Waals surface area contributed by atoms with Gasteiger partial charge in [-0.1, -0.05) is 13.8 Å². The standard InChI is InChI=1S/C12H20FNO.C9H13F2NO.C2H6/c1-10(2)15-9-12-4-3-5-14(12)8-11(6-12)7-13;10-8(11)7-4-9(6-13)2-1-3-12(9)5-7;1-2/h7,10H,3-6,8-9H2,1-2H3;13H,1-6H2;1-2H3/b11-7+;;. The summed E-state index contributed by atoms with van der Waals surface area (Å²) in [6.45, 7) is 12.0. The number of rotatable bonds is 4. The maximum atomic E-state index is 12.5. The molecule has 0 amide bonds. The first-order valence-electron chi connectivity index (χ1n) is 11.4. The lowest BCUT2D eigenvalue weighted by atomic mass is 9.94. The smallest absolute Gasteiger partial charge is 0.270 e. The van der Waals surface area contributed by atoms with Gasteiger partial charge in [0.25, 0.3) is 6.08 Å². The van der Waals surface area contributed by atoms with Gasteiger partial charge in [-0.3, -0.25) is 9.80 Å². The van der Waals surface area contributed by atoms with E-state index in [0.717, 1.165) is 63.8 Å². The average molecular weight is 433 g/mol. The second kappa shape index (κ2) is 11.1. The van der Waals surface area contributed by atoms with Gasteiger partial charge >= 0.3 is 0 Å². The van der Waals surface area contributed by atoms with Crippen LogP contribution in [0.25, 0.3) is 0 Å². The van der Waals surface area contributed by atoms with Crippen LogP contribution >= 0.6 is 0 Å². The van der Waals surface area contributed by atoms with E-state index in [4.69, 9.17) is 4.74 Å². The summed E-state index contributed by atoms with van der Waals surface area (Å²) in [6.07, 6.45) is 4.94. The molecule has 0 radical (unpaired) electrons. The quantitative estimate of drug-likeness (QED) is 0.686. The molecule has 174 valence electrons. The van der Waals surface area contributed by atoms with Crippen molar-refractivity contribution in [2.75, 3.05) is 39.4 Å². The van der Waals surface area contributed by atoms with E-state index < -0.39 is 6.08 Å². The van der Waals surface area contributed by atoms with Crippen molar-refractivity contribution in [2.24, 2.45) is 0 Å². The lowest BCUT2D eigenvalue weighted by molar-refractivity contribution is 0.00328. The minimum Gasteiger partial charge on any atom is -0.394 e. The Morgan fingerprint density at radius 2 is 1.67 bits per heavy atom. The van der Waals surface area contributed by atoms with Gasteiger partial charge in [0.05, 0.1) is 25.6 Å². The van der Waals surface area contributed by atoms with Crippen molar-refractivity contribution in [3.8, 4) is 0 Å². The normalized spacial score (nSPS) is 32.0. The zero-order valence-corrected chi connectivity index (χ0v) is 19.0. The topological polar surface area (TPSA) is 35.9 Å². The van der Waals surface area contributed by atoms with Crippen LogP contribution < -0.4 is 0 Å². The van der Waals surface area contributed by atoms with E-state index in [2.05, 4.69) is 18.7 Å². The highest BCUT2D eigenvalue weighted by atomic mass is 19.3. The summed E-state index contributed by atoms with van der Waals surface area (Å²) in [7, 11) is 0. The molecule has 30 heavy (non-hydrogen) atoms. The van der Waals surface area contributed by atoms with Crippen molar-refractivity contribution in [1.29, 1.82) is 0 Å². The second-order valence-corrected chi connectivity index (χ2v) is 9.00. The van der Waals surface area contributed by atoms with E-state index in [-0.39, 0.29) is 29.4 Å². The molecule has 1 N–H and O–H groups in total.